The molecule has 1 aliphatic heterocycles. The molecule has 4 rings (SSSR count). The minimum absolute atomic E-state index is 0.000682. The van der Waals surface area contributed by atoms with E-state index >= 15 is 0 Å². The second-order valence-electron chi connectivity index (χ2n) is 7.27. The van der Waals surface area contributed by atoms with E-state index in [4.69, 9.17) is 4.74 Å². The molecule has 1 amide bonds. The Bertz CT molecular complexity index is 764. The van der Waals surface area contributed by atoms with Gasteiger partial charge in [0, 0.05) is 24.9 Å². The van der Waals surface area contributed by atoms with Gasteiger partial charge in [-0.2, -0.15) is 5.10 Å². The van der Waals surface area contributed by atoms with E-state index in [9.17, 15) is 4.79 Å². The molecule has 6 heteroatoms. The molecule has 1 saturated heterocycles. The fourth-order valence-corrected chi connectivity index (χ4v) is 4.08. The van der Waals surface area contributed by atoms with Crippen molar-refractivity contribution in [3.8, 4) is 5.69 Å². The lowest BCUT2D eigenvalue weighted by Crippen LogP contribution is -2.41. The van der Waals surface area contributed by atoms with Crippen molar-refractivity contribution in [3.63, 3.8) is 0 Å². The monoisotopic (exact) mass is 340 g/mol. The van der Waals surface area contributed by atoms with Gasteiger partial charge < -0.3 is 10.1 Å². The first-order valence-corrected chi connectivity index (χ1v) is 9.06. The highest BCUT2D eigenvalue weighted by molar-refractivity contribution is 5.94. The van der Waals surface area contributed by atoms with E-state index in [-0.39, 0.29) is 17.4 Å². The fourth-order valence-electron chi connectivity index (χ4n) is 4.08. The number of ether oxygens (including phenoxy) is 1. The highest BCUT2D eigenvalue weighted by atomic mass is 16.5. The van der Waals surface area contributed by atoms with Gasteiger partial charge in [-0.1, -0.05) is 12.8 Å². The number of nitrogens with zero attached hydrogens (tertiary/aromatic N) is 3. The zero-order valence-corrected chi connectivity index (χ0v) is 14.6. The Kier molecular flexibility index (Phi) is 4.29. The third-order valence-corrected chi connectivity index (χ3v) is 5.39. The average Bonchev–Trinajstić information content (AvgIpc) is 3.25. The summed E-state index contributed by atoms with van der Waals surface area (Å²) in [5.74, 6) is 0.0620. The number of hydrogen-bond acceptors (Lipinski definition) is 4. The number of amides is 1. The van der Waals surface area contributed by atoms with E-state index in [0.717, 1.165) is 36.9 Å². The van der Waals surface area contributed by atoms with Crippen LogP contribution in [0.5, 0.6) is 0 Å². The lowest BCUT2D eigenvalue weighted by molar-refractivity contribution is -0.133. The van der Waals surface area contributed by atoms with Crippen molar-refractivity contribution in [1.29, 1.82) is 0 Å². The molecule has 2 aliphatic rings. The quantitative estimate of drug-likeness (QED) is 0.931. The van der Waals surface area contributed by atoms with Crippen molar-refractivity contribution in [1.82, 2.24) is 14.8 Å². The molecule has 0 radical (unpaired) electrons. The van der Waals surface area contributed by atoms with Crippen LogP contribution in [-0.2, 0) is 9.53 Å². The summed E-state index contributed by atoms with van der Waals surface area (Å²) in [6, 6.07) is 1.87. The second-order valence-corrected chi connectivity index (χ2v) is 7.27. The molecule has 1 N–H and O–H groups in total. The number of nitrogens with one attached hydrogen (secondary N) is 1. The van der Waals surface area contributed by atoms with Gasteiger partial charge >= 0.3 is 0 Å². The van der Waals surface area contributed by atoms with Gasteiger partial charge in [0.05, 0.1) is 29.4 Å². The van der Waals surface area contributed by atoms with Crippen molar-refractivity contribution >= 4 is 11.6 Å². The molecular weight excluding hydrogens is 316 g/mol. The highest BCUT2D eigenvalue weighted by Gasteiger charge is 2.42. The smallest absolute Gasteiger partial charge is 0.227 e. The Morgan fingerprint density at radius 3 is 2.96 bits per heavy atom. The first-order chi connectivity index (χ1) is 12.2. The Hall–Kier alpha value is -2.21. The van der Waals surface area contributed by atoms with Crippen LogP contribution in [-0.4, -0.2) is 32.9 Å². The second kappa shape index (κ2) is 6.59. The number of carbonyl (C=O) groups excluding carboxylic acids is 1. The minimum atomic E-state index is -0.0584. The summed E-state index contributed by atoms with van der Waals surface area (Å²) in [5, 5.41) is 7.42. The molecule has 2 fully saturated rings. The molecule has 132 valence electrons. The van der Waals surface area contributed by atoms with Crippen molar-refractivity contribution in [2.24, 2.45) is 5.92 Å². The van der Waals surface area contributed by atoms with Crippen molar-refractivity contribution < 1.29 is 9.53 Å². The number of pyridine rings is 1. The lowest BCUT2D eigenvalue weighted by atomic mass is 9.84. The SMILES string of the molecule is Cc1cnn(-c2ccncc2NC(=O)C2CCOC3(CCCC3)C2)c1. The van der Waals surface area contributed by atoms with Crippen LogP contribution in [0.1, 0.15) is 44.1 Å². The van der Waals surface area contributed by atoms with E-state index < -0.39 is 0 Å². The maximum Gasteiger partial charge on any atom is 0.227 e. The number of aryl methyl sites for hydroxylation is 1. The summed E-state index contributed by atoms with van der Waals surface area (Å²) < 4.78 is 7.82. The summed E-state index contributed by atoms with van der Waals surface area (Å²) in [4.78, 5) is 17.0. The molecule has 1 aliphatic carbocycles. The van der Waals surface area contributed by atoms with Crippen molar-refractivity contribution in [2.45, 2.75) is 51.0 Å². The predicted octanol–water partition coefficient (Wildman–Crippen LogP) is 3.25. The molecule has 0 aromatic carbocycles. The molecule has 1 spiro atoms. The molecule has 3 heterocycles. The molecule has 6 nitrogen and oxygen atoms in total. The average molecular weight is 340 g/mol. The minimum Gasteiger partial charge on any atom is -0.375 e. The molecule has 1 unspecified atom stereocenters. The molecule has 1 atom stereocenters. The van der Waals surface area contributed by atoms with Crippen LogP contribution in [0.25, 0.3) is 5.69 Å². The van der Waals surface area contributed by atoms with Gasteiger partial charge in [-0.3, -0.25) is 9.78 Å². The van der Waals surface area contributed by atoms with Crippen LogP contribution in [0.15, 0.2) is 30.9 Å². The first kappa shape index (κ1) is 16.3. The van der Waals surface area contributed by atoms with Crippen LogP contribution in [0.4, 0.5) is 5.69 Å². The molecule has 2 aromatic heterocycles. The van der Waals surface area contributed by atoms with Gasteiger partial charge in [-0.25, -0.2) is 4.68 Å². The van der Waals surface area contributed by atoms with Gasteiger partial charge in [0.2, 0.25) is 5.91 Å². The Balaban J connectivity index is 1.51. The van der Waals surface area contributed by atoms with Crippen molar-refractivity contribution in [3.05, 3.63) is 36.4 Å². The zero-order chi connectivity index (χ0) is 17.3. The third kappa shape index (κ3) is 3.31. The molecule has 25 heavy (non-hydrogen) atoms. The van der Waals surface area contributed by atoms with Crippen LogP contribution >= 0.6 is 0 Å². The Morgan fingerprint density at radius 1 is 1.36 bits per heavy atom. The summed E-state index contributed by atoms with van der Waals surface area (Å²) in [6.07, 6.45) is 13.3. The molecular formula is C19H24N4O2. The van der Waals surface area contributed by atoms with E-state index in [0.29, 0.717) is 12.3 Å². The van der Waals surface area contributed by atoms with Gasteiger partial charge in [0.1, 0.15) is 0 Å². The summed E-state index contributed by atoms with van der Waals surface area (Å²) >= 11 is 0. The molecule has 1 saturated carbocycles. The van der Waals surface area contributed by atoms with Crippen LogP contribution < -0.4 is 5.32 Å². The number of hydrogen-bond donors (Lipinski definition) is 1. The predicted molar refractivity (Wildman–Crippen MR) is 94.6 cm³/mol. The van der Waals surface area contributed by atoms with E-state index in [1.165, 1.54) is 12.8 Å². The summed E-state index contributed by atoms with van der Waals surface area (Å²) in [7, 11) is 0. The fraction of sp³-hybridized carbons (Fsp3) is 0.526. The molecule has 2 aromatic rings. The normalized spacial score (nSPS) is 22.2. The highest BCUT2D eigenvalue weighted by Crippen LogP contribution is 2.42. The maximum absolute atomic E-state index is 12.9. The zero-order valence-electron chi connectivity index (χ0n) is 14.6. The summed E-state index contributed by atoms with van der Waals surface area (Å²) in [5.41, 5.74) is 2.54. The lowest BCUT2D eigenvalue weighted by Gasteiger charge is -2.37. The standard InChI is InChI=1S/C19H24N4O2/c1-14-11-21-23(13-14)17-4-8-20-12-16(17)22-18(24)15-5-9-25-19(10-15)6-2-3-7-19/h4,8,11-13,15H,2-3,5-7,9-10H2,1H3,(H,22,24). The number of carbonyl (C=O) groups is 1. The van der Waals surface area contributed by atoms with E-state index in [2.05, 4.69) is 15.4 Å². The number of aromatic nitrogens is 3. The van der Waals surface area contributed by atoms with E-state index in [1.807, 2.05) is 19.2 Å². The van der Waals surface area contributed by atoms with E-state index in [1.54, 1.807) is 23.3 Å². The van der Waals surface area contributed by atoms with Gasteiger partial charge in [0.25, 0.3) is 0 Å². The largest absolute Gasteiger partial charge is 0.375 e. The maximum atomic E-state index is 12.9. The van der Waals surface area contributed by atoms with Gasteiger partial charge in [-0.15, -0.1) is 0 Å². The topological polar surface area (TPSA) is 69.0 Å². The van der Waals surface area contributed by atoms with Gasteiger partial charge in [0.15, 0.2) is 0 Å². The van der Waals surface area contributed by atoms with Gasteiger partial charge in [-0.05, 0) is 44.2 Å². The van der Waals surface area contributed by atoms with Crippen LogP contribution in [0, 0.1) is 12.8 Å². The number of rotatable bonds is 3. The summed E-state index contributed by atoms with van der Waals surface area (Å²) in [6.45, 7) is 2.67. The number of anilines is 1. The third-order valence-electron chi connectivity index (χ3n) is 5.39. The Morgan fingerprint density at radius 2 is 2.20 bits per heavy atom. The Labute approximate surface area is 147 Å². The first-order valence-electron chi connectivity index (χ1n) is 9.06. The van der Waals surface area contributed by atoms with Crippen molar-refractivity contribution in [2.75, 3.05) is 11.9 Å². The van der Waals surface area contributed by atoms with Crippen LogP contribution in [0.2, 0.25) is 0 Å². The molecule has 0 bridgehead atoms. The van der Waals surface area contributed by atoms with Crippen LogP contribution in [0.3, 0.4) is 0 Å².